The van der Waals surface area contributed by atoms with Crippen molar-refractivity contribution in [2.45, 2.75) is 19.9 Å². The fourth-order valence-corrected chi connectivity index (χ4v) is 2.37. The number of benzene rings is 2. The number of carbonyl (C=O) groups is 3. The number of rotatable bonds is 6. The number of hydrogen-bond donors (Lipinski definition) is 3. The van der Waals surface area contributed by atoms with Crippen LogP contribution < -0.4 is 16.4 Å². The van der Waals surface area contributed by atoms with Crippen molar-refractivity contribution in [1.29, 1.82) is 0 Å². The predicted molar refractivity (Wildman–Crippen MR) is 96.1 cm³/mol. The minimum Gasteiger partial charge on any atom is -0.366 e. The van der Waals surface area contributed by atoms with E-state index in [4.69, 9.17) is 5.73 Å². The van der Waals surface area contributed by atoms with Gasteiger partial charge in [0.1, 0.15) is 11.9 Å². The van der Waals surface area contributed by atoms with Gasteiger partial charge in [-0.15, -0.1) is 0 Å². The van der Waals surface area contributed by atoms with Gasteiger partial charge >= 0.3 is 0 Å². The molecule has 0 aliphatic rings. The zero-order valence-electron chi connectivity index (χ0n) is 14.5. The zero-order valence-corrected chi connectivity index (χ0v) is 14.5. The van der Waals surface area contributed by atoms with Crippen LogP contribution in [-0.2, 0) is 4.79 Å². The van der Waals surface area contributed by atoms with Crippen LogP contribution in [0.25, 0.3) is 0 Å². The summed E-state index contributed by atoms with van der Waals surface area (Å²) in [4.78, 5) is 36.1. The lowest BCUT2D eigenvalue weighted by Crippen LogP contribution is -2.47. The summed E-state index contributed by atoms with van der Waals surface area (Å²) in [5.41, 5.74) is 5.71. The standard InChI is InChI=1S/C19H20FN3O3/c1-11(2)16(23-18(25)14-8-3-4-9-15(14)20)19(26)22-13-7-5-6-12(10-13)17(21)24/h3-11,16H,1-2H3,(H2,21,24)(H,22,26)(H,23,25)/t16-/m0/s1. The Hall–Kier alpha value is -3.22. The van der Waals surface area contributed by atoms with Crippen LogP contribution in [0.3, 0.4) is 0 Å². The number of carbonyl (C=O) groups excluding carboxylic acids is 3. The van der Waals surface area contributed by atoms with Gasteiger partial charge in [-0.2, -0.15) is 0 Å². The van der Waals surface area contributed by atoms with E-state index in [1.165, 1.54) is 36.4 Å². The summed E-state index contributed by atoms with van der Waals surface area (Å²) in [6.07, 6.45) is 0. The largest absolute Gasteiger partial charge is 0.366 e. The van der Waals surface area contributed by atoms with Crippen LogP contribution in [0, 0.1) is 11.7 Å². The van der Waals surface area contributed by atoms with Gasteiger partial charge in [-0.3, -0.25) is 14.4 Å². The topological polar surface area (TPSA) is 101 Å². The summed E-state index contributed by atoms with van der Waals surface area (Å²) in [5.74, 6) is -2.68. The minimum absolute atomic E-state index is 0.137. The van der Waals surface area contributed by atoms with Crippen LogP contribution in [0.4, 0.5) is 10.1 Å². The summed E-state index contributed by atoms with van der Waals surface area (Å²) >= 11 is 0. The Morgan fingerprint density at radius 2 is 1.73 bits per heavy atom. The van der Waals surface area contributed by atoms with Crippen molar-refractivity contribution in [3.63, 3.8) is 0 Å². The Kier molecular flexibility index (Phi) is 6.06. The molecular weight excluding hydrogens is 337 g/mol. The second kappa shape index (κ2) is 8.24. The molecule has 0 unspecified atom stereocenters. The van der Waals surface area contributed by atoms with E-state index in [1.807, 2.05) is 0 Å². The van der Waals surface area contributed by atoms with E-state index in [-0.39, 0.29) is 17.0 Å². The van der Waals surface area contributed by atoms with Crippen LogP contribution in [-0.4, -0.2) is 23.8 Å². The number of primary amides is 1. The third-order valence-electron chi connectivity index (χ3n) is 3.77. The molecule has 26 heavy (non-hydrogen) atoms. The van der Waals surface area contributed by atoms with Gasteiger partial charge in [-0.05, 0) is 36.2 Å². The number of anilines is 1. The minimum atomic E-state index is -0.889. The molecule has 0 saturated heterocycles. The van der Waals surface area contributed by atoms with Gasteiger partial charge in [0, 0.05) is 11.3 Å². The van der Waals surface area contributed by atoms with E-state index in [0.29, 0.717) is 5.69 Å². The summed E-state index contributed by atoms with van der Waals surface area (Å²) in [5, 5.41) is 5.18. The highest BCUT2D eigenvalue weighted by Gasteiger charge is 2.25. The SMILES string of the molecule is CC(C)[C@H](NC(=O)c1ccccc1F)C(=O)Nc1cccc(C(N)=O)c1. The molecule has 0 aromatic heterocycles. The Bertz CT molecular complexity index is 836. The van der Waals surface area contributed by atoms with Crippen molar-refractivity contribution in [1.82, 2.24) is 5.32 Å². The lowest BCUT2D eigenvalue weighted by Gasteiger charge is -2.22. The molecule has 4 N–H and O–H groups in total. The average Bonchev–Trinajstić information content (AvgIpc) is 2.59. The van der Waals surface area contributed by atoms with Crippen molar-refractivity contribution < 1.29 is 18.8 Å². The van der Waals surface area contributed by atoms with Crippen LogP contribution in [0.2, 0.25) is 0 Å². The van der Waals surface area contributed by atoms with Gasteiger partial charge < -0.3 is 16.4 Å². The van der Waals surface area contributed by atoms with Gasteiger partial charge in [-0.25, -0.2) is 4.39 Å². The third kappa shape index (κ3) is 4.66. The molecule has 2 rings (SSSR count). The van der Waals surface area contributed by atoms with Crippen LogP contribution in [0.5, 0.6) is 0 Å². The molecule has 2 aromatic rings. The molecule has 0 aliphatic carbocycles. The van der Waals surface area contributed by atoms with Gasteiger partial charge in [-0.1, -0.05) is 32.0 Å². The molecule has 3 amide bonds. The molecule has 0 radical (unpaired) electrons. The summed E-state index contributed by atoms with van der Waals surface area (Å²) in [6, 6.07) is 10.8. The van der Waals surface area contributed by atoms with Crippen molar-refractivity contribution in [3.05, 3.63) is 65.5 Å². The fraction of sp³-hybridized carbons (Fsp3) is 0.211. The fourth-order valence-electron chi connectivity index (χ4n) is 2.37. The molecule has 2 aromatic carbocycles. The molecule has 1 atom stereocenters. The highest BCUT2D eigenvalue weighted by atomic mass is 19.1. The van der Waals surface area contributed by atoms with E-state index in [0.717, 1.165) is 0 Å². The Labute approximate surface area is 150 Å². The van der Waals surface area contributed by atoms with Crippen LogP contribution >= 0.6 is 0 Å². The van der Waals surface area contributed by atoms with Crippen molar-refractivity contribution in [3.8, 4) is 0 Å². The second-order valence-corrected chi connectivity index (χ2v) is 6.11. The first-order chi connectivity index (χ1) is 12.3. The maximum absolute atomic E-state index is 13.8. The monoisotopic (exact) mass is 357 g/mol. The van der Waals surface area contributed by atoms with Crippen molar-refractivity contribution >= 4 is 23.4 Å². The first-order valence-electron chi connectivity index (χ1n) is 8.05. The molecule has 0 saturated carbocycles. The molecule has 0 bridgehead atoms. The molecule has 6 nitrogen and oxygen atoms in total. The number of nitrogens with two attached hydrogens (primary N) is 1. The number of nitrogens with one attached hydrogen (secondary N) is 2. The molecule has 7 heteroatoms. The van der Waals surface area contributed by atoms with Crippen LogP contribution in [0.15, 0.2) is 48.5 Å². The lowest BCUT2D eigenvalue weighted by molar-refractivity contribution is -0.118. The smallest absolute Gasteiger partial charge is 0.254 e. The molecule has 136 valence electrons. The van der Waals surface area contributed by atoms with Gasteiger partial charge in [0.05, 0.1) is 5.56 Å². The first-order valence-corrected chi connectivity index (χ1v) is 8.05. The number of halogens is 1. The Morgan fingerprint density at radius 3 is 2.35 bits per heavy atom. The second-order valence-electron chi connectivity index (χ2n) is 6.11. The van der Waals surface area contributed by atoms with Crippen molar-refractivity contribution in [2.24, 2.45) is 11.7 Å². The third-order valence-corrected chi connectivity index (χ3v) is 3.77. The molecule has 0 fully saturated rings. The van der Waals surface area contributed by atoms with E-state index >= 15 is 0 Å². The van der Waals surface area contributed by atoms with E-state index in [9.17, 15) is 18.8 Å². The maximum atomic E-state index is 13.8. The zero-order chi connectivity index (χ0) is 19.3. The van der Waals surface area contributed by atoms with Crippen LogP contribution in [0.1, 0.15) is 34.6 Å². The van der Waals surface area contributed by atoms with E-state index in [1.54, 1.807) is 26.0 Å². The van der Waals surface area contributed by atoms with E-state index in [2.05, 4.69) is 10.6 Å². The first kappa shape index (κ1) is 19.1. The number of hydrogen-bond acceptors (Lipinski definition) is 3. The van der Waals surface area contributed by atoms with E-state index < -0.39 is 29.6 Å². The predicted octanol–water partition coefficient (Wildman–Crippen LogP) is 2.32. The highest BCUT2D eigenvalue weighted by Crippen LogP contribution is 2.13. The van der Waals surface area contributed by atoms with Crippen molar-refractivity contribution in [2.75, 3.05) is 5.32 Å². The average molecular weight is 357 g/mol. The highest BCUT2D eigenvalue weighted by molar-refractivity contribution is 6.02. The Balaban J connectivity index is 2.15. The lowest BCUT2D eigenvalue weighted by atomic mass is 10.0. The molecule has 0 aliphatic heterocycles. The summed E-state index contributed by atoms with van der Waals surface area (Å²) in [7, 11) is 0. The normalized spacial score (nSPS) is 11.7. The Morgan fingerprint density at radius 1 is 1.04 bits per heavy atom. The van der Waals surface area contributed by atoms with Gasteiger partial charge in [0.2, 0.25) is 11.8 Å². The quantitative estimate of drug-likeness (QED) is 0.739. The maximum Gasteiger partial charge on any atom is 0.254 e. The summed E-state index contributed by atoms with van der Waals surface area (Å²) in [6.45, 7) is 3.51. The molecular formula is C19H20FN3O3. The molecule has 0 spiro atoms. The van der Waals surface area contributed by atoms with Gasteiger partial charge in [0.25, 0.3) is 5.91 Å². The number of amides is 3. The molecule has 0 heterocycles. The summed E-state index contributed by atoms with van der Waals surface area (Å²) < 4.78 is 13.8. The van der Waals surface area contributed by atoms with Gasteiger partial charge in [0.15, 0.2) is 0 Å².